The molecule has 0 fully saturated rings. The summed E-state index contributed by atoms with van der Waals surface area (Å²) in [4.78, 5) is 38.7. The van der Waals surface area contributed by atoms with Crippen LogP contribution in [0, 0.1) is 0 Å². The zero-order chi connectivity index (χ0) is 36.1. The van der Waals surface area contributed by atoms with E-state index in [0.717, 1.165) is 22.3 Å². The number of allylic oxidation sites excluding steroid dienone is 1. The maximum absolute atomic E-state index is 13.3. The van der Waals surface area contributed by atoms with Gasteiger partial charge in [0.2, 0.25) is 0 Å². The topological polar surface area (TPSA) is 103 Å². The minimum Gasteiger partial charge on any atom is -0.445 e. The Kier molecular flexibility index (Phi) is 13.6. The lowest BCUT2D eigenvalue weighted by Crippen LogP contribution is -2.47. The standard InChI is InChI=1S/C40H45ClN2O6Si/c1-40(2,3)50(4,5)49-37(32-17-12-18-33(41)26-32)36(43-39(46)48-28-31-15-10-7-11-16-31)24-23-35(44)25-29-19-21-34(22-20-29)42-38(45)47-27-30-13-8-6-9-14-30/h6-24,26,36-37H,25,27-28H2,1-5H3,(H,42,45)(H,43,46)/b24-23+/t36-,37+/m1/s1. The average molecular weight is 713 g/mol. The van der Waals surface area contributed by atoms with Gasteiger partial charge in [0.15, 0.2) is 14.1 Å². The molecule has 0 aromatic heterocycles. The van der Waals surface area contributed by atoms with Crippen molar-refractivity contribution < 1.29 is 28.3 Å². The van der Waals surface area contributed by atoms with Crippen LogP contribution in [-0.4, -0.2) is 32.3 Å². The zero-order valence-electron chi connectivity index (χ0n) is 29.2. The van der Waals surface area contributed by atoms with Crippen LogP contribution in [0.1, 0.15) is 49.1 Å². The van der Waals surface area contributed by atoms with Crippen molar-refractivity contribution in [2.24, 2.45) is 0 Å². The van der Waals surface area contributed by atoms with Crippen LogP contribution < -0.4 is 10.6 Å². The summed E-state index contributed by atoms with van der Waals surface area (Å²) < 4.78 is 17.8. The fraction of sp³-hybridized carbons (Fsp3) is 0.275. The van der Waals surface area contributed by atoms with Gasteiger partial charge in [-0.2, -0.15) is 0 Å². The Bertz CT molecular complexity index is 1740. The van der Waals surface area contributed by atoms with Gasteiger partial charge in [-0.1, -0.05) is 123 Å². The van der Waals surface area contributed by atoms with Gasteiger partial charge in [0.05, 0.1) is 12.1 Å². The monoisotopic (exact) mass is 712 g/mol. The molecular formula is C40H45ClN2O6Si. The average Bonchev–Trinajstić information content (AvgIpc) is 3.08. The Balaban J connectivity index is 1.49. The largest absolute Gasteiger partial charge is 0.445 e. The maximum Gasteiger partial charge on any atom is 0.411 e. The number of nitrogens with one attached hydrogen (secondary N) is 2. The molecule has 0 aliphatic rings. The molecule has 2 atom stereocenters. The second-order valence-electron chi connectivity index (χ2n) is 13.5. The highest BCUT2D eigenvalue weighted by Gasteiger charge is 2.41. The van der Waals surface area contributed by atoms with Gasteiger partial charge in [0.1, 0.15) is 13.2 Å². The van der Waals surface area contributed by atoms with Crippen molar-refractivity contribution in [1.82, 2.24) is 5.32 Å². The molecule has 2 amide bonds. The van der Waals surface area contributed by atoms with Gasteiger partial charge < -0.3 is 19.2 Å². The van der Waals surface area contributed by atoms with Gasteiger partial charge in [-0.15, -0.1) is 0 Å². The first kappa shape index (κ1) is 38.1. The van der Waals surface area contributed by atoms with E-state index in [2.05, 4.69) is 44.5 Å². The van der Waals surface area contributed by atoms with Crippen molar-refractivity contribution in [3.05, 3.63) is 149 Å². The number of alkyl carbamates (subject to hydrolysis) is 1. The van der Waals surface area contributed by atoms with E-state index in [0.29, 0.717) is 10.7 Å². The summed E-state index contributed by atoms with van der Waals surface area (Å²) in [5, 5.41) is 6.04. The Hall–Kier alpha value is -4.70. The molecule has 0 saturated heterocycles. The van der Waals surface area contributed by atoms with Crippen LogP contribution in [0.15, 0.2) is 121 Å². The normalized spacial score (nSPS) is 12.9. The molecule has 0 aliphatic heterocycles. The number of benzene rings is 4. The van der Waals surface area contributed by atoms with E-state index in [1.165, 1.54) is 6.08 Å². The highest BCUT2D eigenvalue weighted by Crippen LogP contribution is 2.41. The van der Waals surface area contributed by atoms with E-state index in [1.807, 2.05) is 78.9 Å². The molecular weight excluding hydrogens is 668 g/mol. The molecule has 0 radical (unpaired) electrons. The Morgan fingerprint density at radius 3 is 1.90 bits per heavy atom. The van der Waals surface area contributed by atoms with E-state index in [1.54, 1.807) is 36.4 Å². The summed E-state index contributed by atoms with van der Waals surface area (Å²) in [6.07, 6.45) is 1.34. The van der Waals surface area contributed by atoms with E-state index >= 15 is 0 Å². The van der Waals surface area contributed by atoms with Crippen LogP contribution in [0.3, 0.4) is 0 Å². The van der Waals surface area contributed by atoms with Crippen molar-refractivity contribution >= 4 is 43.6 Å². The van der Waals surface area contributed by atoms with Gasteiger partial charge in [-0.25, -0.2) is 9.59 Å². The third kappa shape index (κ3) is 12.0. The highest BCUT2D eigenvalue weighted by atomic mass is 35.5. The van der Waals surface area contributed by atoms with Gasteiger partial charge >= 0.3 is 12.2 Å². The van der Waals surface area contributed by atoms with Gasteiger partial charge in [0, 0.05) is 17.1 Å². The predicted octanol–water partition coefficient (Wildman–Crippen LogP) is 9.81. The number of ketones is 1. The van der Waals surface area contributed by atoms with Gasteiger partial charge in [-0.05, 0) is 70.7 Å². The molecule has 4 rings (SSSR count). The van der Waals surface area contributed by atoms with Crippen LogP contribution in [0.25, 0.3) is 0 Å². The number of hydrogen-bond donors (Lipinski definition) is 2. The Morgan fingerprint density at radius 2 is 1.34 bits per heavy atom. The van der Waals surface area contributed by atoms with E-state index in [9.17, 15) is 14.4 Å². The van der Waals surface area contributed by atoms with Crippen LogP contribution in [0.4, 0.5) is 15.3 Å². The van der Waals surface area contributed by atoms with Crippen molar-refractivity contribution in [3.8, 4) is 0 Å². The van der Waals surface area contributed by atoms with E-state index < -0.39 is 32.6 Å². The van der Waals surface area contributed by atoms with Crippen molar-refractivity contribution in [3.63, 3.8) is 0 Å². The highest BCUT2D eigenvalue weighted by molar-refractivity contribution is 6.74. The van der Waals surface area contributed by atoms with Crippen LogP contribution >= 0.6 is 11.6 Å². The number of carbonyl (C=O) groups is 3. The SMILES string of the molecule is CC(C)(C)[Si](C)(C)O[C@@H](c1cccc(Cl)c1)[C@@H](/C=C/C(=O)Cc1ccc(NC(=O)OCc2ccccc2)cc1)NC(=O)OCc1ccccc1. The number of ether oxygens (including phenoxy) is 2. The molecule has 0 saturated carbocycles. The zero-order valence-corrected chi connectivity index (χ0v) is 30.9. The van der Waals surface area contributed by atoms with Crippen LogP contribution in [0.2, 0.25) is 23.2 Å². The fourth-order valence-corrected chi connectivity index (χ4v) is 6.18. The molecule has 0 spiro atoms. The molecule has 262 valence electrons. The molecule has 8 nitrogen and oxygen atoms in total. The Morgan fingerprint density at radius 1 is 0.760 bits per heavy atom. The Labute approximate surface area is 300 Å². The summed E-state index contributed by atoms with van der Waals surface area (Å²) in [6, 6.07) is 32.3. The lowest BCUT2D eigenvalue weighted by molar-refractivity contribution is -0.114. The molecule has 0 aliphatic carbocycles. The summed E-state index contributed by atoms with van der Waals surface area (Å²) in [5.41, 5.74) is 3.78. The van der Waals surface area contributed by atoms with E-state index in [-0.39, 0.29) is 30.5 Å². The predicted molar refractivity (Wildman–Crippen MR) is 201 cm³/mol. The van der Waals surface area contributed by atoms with Crippen molar-refractivity contribution in [1.29, 1.82) is 0 Å². The maximum atomic E-state index is 13.3. The van der Waals surface area contributed by atoms with E-state index in [4.69, 9.17) is 25.5 Å². The summed E-state index contributed by atoms with van der Waals surface area (Å²) >= 11 is 6.42. The molecule has 10 heteroatoms. The van der Waals surface area contributed by atoms with Crippen LogP contribution in [-0.2, 0) is 38.3 Å². The summed E-state index contributed by atoms with van der Waals surface area (Å²) in [7, 11) is -2.40. The third-order valence-corrected chi connectivity index (χ3v) is 13.2. The second kappa shape index (κ2) is 17.8. The fourth-order valence-electron chi connectivity index (χ4n) is 4.71. The first-order valence-corrected chi connectivity index (χ1v) is 19.8. The van der Waals surface area contributed by atoms with Gasteiger partial charge in [0.25, 0.3) is 0 Å². The second-order valence-corrected chi connectivity index (χ2v) is 18.7. The summed E-state index contributed by atoms with van der Waals surface area (Å²) in [6.45, 7) is 10.9. The molecule has 2 N–H and O–H groups in total. The molecule has 4 aromatic rings. The number of hydrogen-bond acceptors (Lipinski definition) is 6. The quantitative estimate of drug-likeness (QED) is 0.0997. The molecule has 0 heterocycles. The van der Waals surface area contributed by atoms with Crippen LogP contribution in [0.5, 0.6) is 0 Å². The summed E-state index contributed by atoms with van der Waals surface area (Å²) in [5.74, 6) is -0.186. The van der Waals surface area contributed by atoms with Crippen molar-refractivity contribution in [2.75, 3.05) is 5.32 Å². The first-order valence-electron chi connectivity index (χ1n) is 16.5. The smallest absolute Gasteiger partial charge is 0.411 e. The molecule has 0 bridgehead atoms. The molecule has 50 heavy (non-hydrogen) atoms. The third-order valence-electron chi connectivity index (χ3n) is 8.51. The number of anilines is 1. The number of amides is 2. The number of halogens is 1. The minimum atomic E-state index is -2.40. The van der Waals surface area contributed by atoms with Gasteiger partial charge in [-0.3, -0.25) is 10.1 Å². The minimum absolute atomic E-state index is 0.0859. The molecule has 4 aromatic carbocycles. The first-order chi connectivity index (χ1) is 23.8. The lowest BCUT2D eigenvalue weighted by atomic mass is 10.0. The number of carbonyl (C=O) groups excluding carboxylic acids is 3. The van der Waals surface area contributed by atoms with Crippen molar-refractivity contribution in [2.45, 2.75) is 70.7 Å². The molecule has 0 unspecified atom stereocenters. The number of rotatable bonds is 14. The lowest BCUT2D eigenvalue weighted by Gasteiger charge is -2.41.